The van der Waals surface area contributed by atoms with Gasteiger partial charge in [0.25, 0.3) is 0 Å². The van der Waals surface area contributed by atoms with E-state index in [1.54, 1.807) is 23.7 Å². The maximum Gasteiger partial charge on any atom is 0.416 e. The molecule has 0 saturated carbocycles. The predicted octanol–water partition coefficient (Wildman–Crippen LogP) is 6.22. The lowest BCUT2D eigenvalue weighted by atomic mass is 9.92. The summed E-state index contributed by atoms with van der Waals surface area (Å²) in [5.41, 5.74) is 0.467. The largest absolute Gasteiger partial charge is 0.508 e. The van der Waals surface area contributed by atoms with Gasteiger partial charge in [-0.1, -0.05) is 42.5 Å². The standard InChI is InChI=1S/C21H15F3N2OS/c22-21(23,24)15-8-5-14(6-9-15)19(26-20-25-11-12-28-20)18-16-4-2-1-3-13(16)7-10-17(18)27/h1-12,19,27H,(H,25,26). The van der Waals surface area contributed by atoms with E-state index in [0.29, 0.717) is 16.3 Å². The van der Waals surface area contributed by atoms with Gasteiger partial charge >= 0.3 is 6.18 Å². The summed E-state index contributed by atoms with van der Waals surface area (Å²) in [5, 5.41) is 18.0. The molecular weight excluding hydrogens is 385 g/mol. The van der Waals surface area contributed by atoms with Crippen molar-refractivity contribution in [2.24, 2.45) is 0 Å². The summed E-state index contributed by atoms with van der Waals surface area (Å²) in [5.74, 6) is 0.0626. The van der Waals surface area contributed by atoms with Gasteiger partial charge in [0.1, 0.15) is 5.75 Å². The fraction of sp³-hybridized carbons (Fsp3) is 0.0952. The number of anilines is 1. The lowest BCUT2D eigenvalue weighted by Gasteiger charge is -2.22. The van der Waals surface area contributed by atoms with Crippen LogP contribution in [-0.2, 0) is 6.18 Å². The molecule has 0 radical (unpaired) electrons. The number of nitrogens with zero attached hydrogens (tertiary/aromatic N) is 1. The van der Waals surface area contributed by atoms with Gasteiger partial charge < -0.3 is 10.4 Å². The number of nitrogens with one attached hydrogen (secondary N) is 1. The van der Waals surface area contributed by atoms with Crippen LogP contribution >= 0.6 is 11.3 Å². The van der Waals surface area contributed by atoms with Gasteiger partial charge in [0.05, 0.1) is 11.6 Å². The number of phenols is 1. The minimum absolute atomic E-state index is 0.0626. The number of hydrogen-bond donors (Lipinski definition) is 2. The van der Waals surface area contributed by atoms with E-state index < -0.39 is 17.8 Å². The molecule has 0 spiro atoms. The molecule has 4 rings (SSSR count). The number of alkyl halides is 3. The maximum atomic E-state index is 13.0. The maximum absolute atomic E-state index is 13.0. The van der Waals surface area contributed by atoms with E-state index in [4.69, 9.17) is 0 Å². The van der Waals surface area contributed by atoms with Gasteiger partial charge in [-0.2, -0.15) is 13.2 Å². The molecule has 3 aromatic carbocycles. The number of halogens is 3. The summed E-state index contributed by atoms with van der Waals surface area (Å²) in [6.45, 7) is 0. The van der Waals surface area contributed by atoms with Crippen LogP contribution in [0.5, 0.6) is 5.75 Å². The first-order valence-electron chi connectivity index (χ1n) is 8.47. The number of rotatable bonds is 4. The van der Waals surface area contributed by atoms with Gasteiger partial charge in [0, 0.05) is 17.1 Å². The van der Waals surface area contributed by atoms with E-state index in [-0.39, 0.29) is 5.75 Å². The third-order valence-corrected chi connectivity index (χ3v) is 5.21. The lowest BCUT2D eigenvalue weighted by Crippen LogP contribution is -2.14. The third kappa shape index (κ3) is 3.53. The van der Waals surface area contributed by atoms with Crippen LogP contribution in [0.3, 0.4) is 0 Å². The highest BCUT2D eigenvalue weighted by atomic mass is 32.1. The zero-order valence-electron chi connectivity index (χ0n) is 14.4. The third-order valence-electron chi connectivity index (χ3n) is 4.51. The summed E-state index contributed by atoms with van der Waals surface area (Å²) >= 11 is 1.38. The summed E-state index contributed by atoms with van der Waals surface area (Å²) in [6, 6.07) is 15.3. The Bertz CT molecular complexity index is 1090. The fourth-order valence-electron chi connectivity index (χ4n) is 3.19. The monoisotopic (exact) mass is 400 g/mol. The minimum Gasteiger partial charge on any atom is -0.508 e. The van der Waals surface area contributed by atoms with Crippen LogP contribution in [0.1, 0.15) is 22.7 Å². The highest BCUT2D eigenvalue weighted by molar-refractivity contribution is 7.13. The van der Waals surface area contributed by atoms with Crippen molar-refractivity contribution in [2.75, 3.05) is 5.32 Å². The SMILES string of the molecule is Oc1ccc2ccccc2c1C(Nc1nccs1)c1ccc(C(F)(F)F)cc1. The number of thiazole rings is 1. The Morgan fingerprint density at radius 3 is 2.39 bits per heavy atom. The van der Waals surface area contributed by atoms with Crippen molar-refractivity contribution in [1.82, 2.24) is 4.98 Å². The molecule has 3 nitrogen and oxygen atoms in total. The van der Waals surface area contributed by atoms with E-state index >= 15 is 0 Å². The second kappa shape index (κ2) is 7.16. The average molecular weight is 400 g/mol. The van der Waals surface area contributed by atoms with E-state index in [1.165, 1.54) is 23.5 Å². The molecule has 7 heteroatoms. The number of phenolic OH excluding ortho intramolecular Hbond substituents is 1. The lowest BCUT2D eigenvalue weighted by molar-refractivity contribution is -0.137. The van der Waals surface area contributed by atoms with E-state index in [1.807, 2.05) is 24.3 Å². The second-order valence-electron chi connectivity index (χ2n) is 6.25. The van der Waals surface area contributed by atoms with Gasteiger partial charge in [-0.15, -0.1) is 11.3 Å². The number of hydrogen-bond acceptors (Lipinski definition) is 4. The van der Waals surface area contributed by atoms with Gasteiger partial charge in [-0.25, -0.2) is 4.98 Å². The first-order chi connectivity index (χ1) is 13.4. The Morgan fingerprint density at radius 2 is 1.71 bits per heavy atom. The zero-order chi connectivity index (χ0) is 19.7. The van der Waals surface area contributed by atoms with Crippen LogP contribution < -0.4 is 5.32 Å². The Labute approximate surface area is 163 Å². The molecule has 0 saturated heterocycles. The van der Waals surface area contributed by atoms with Crippen molar-refractivity contribution in [2.45, 2.75) is 12.2 Å². The van der Waals surface area contributed by atoms with Gasteiger partial charge in [-0.05, 0) is 34.5 Å². The van der Waals surface area contributed by atoms with E-state index in [9.17, 15) is 18.3 Å². The van der Waals surface area contributed by atoms with Gasteiger partial charge in [0.15, 0.2) is 5.13 Å². The van der Waals surface area contributed by atoms with Gasteiger partial charge in [0.2, 0.25) is 0 Å². The zero-order valence-corrected chi connectivity index (χ0v) is 15.3. The van der Waals surface area contributed by atoms with Crippen LogP contribution in [0, 0.1) is 0 Å². The van der Waals surface area contributed by atoms with E-state index in [2.05, 4.69) is 10.3 Å². The average Bonchev–Trinajstić information content (AvgIpc) is 3.19. The van der Waals surface area contributed by atoms with Crippen LogP contribution in [0.4, 0.5) is 18.3 Å². The molecule has 0 fully saturated rings. The molecule has 4 aromatic rings. The van der Waals surface area contributed by atoms with E-state index in [0.717, 1.165) is 22.9 Å². The smallest absolute Gasteiger partial charge is 0.416 e. The number of aromatic nitrogens is 1. The van der Waals surface area contributed by atoms with Crippen LogP contribution in [0.25, 0.3) is 10.8 Å². The highest BCUT2D eigenvalue weighted by Gasteiger charge is 2.30. The minimum atomic E-state index is -4.40. The van der Waals surface area contributed by atoms with Crippen molar-refractivity contribution in [1.29, 1.82) is 0 Å². The fourth-order valence-corrected chi connectivity index (χ4v) is 3.75. The van der Waals surface area contributed by atoms with Crippen molar-refractivity contribution < 1.29 is 18.3 Å². The Kier molecular flexibility index (Phi) is 4.68. The number of benzene rings is 3. The molecule has 0 aliphatic carbocycles. The number of aromatic hydroxyl groups is 1. The Hall–Kier alpha value is -3.06. The molecule has 28 heavy (non-hydrogen) atoms. The molecule has 1 unspecified atom stereocenters. The summed E-state index contributed by atoms with van der Waals surface area (Å²) in [7, 11) is 0. The van der Waals surface area contributed by atoms with Crippen molar-refractivity contribution in [3.8, 4) is 5.75 Å². The van der Waals surface area contributed by atoms with Crippen LogP contribution in [-0.4, -0.2) is 10.1 Å². The second-order valence-corrected chi connectivity index (χ2v) is 7.15. The molecular formula is C21H15F3N2OS. The normalized spacial score (nSPS) is 12.8. The first kappa shape index (κ1) is 18.3. The molecule has 142 valence electrons. The molecule has 0 aliphatic rings. The van der Waals surface area contributed by atoms with Crippen LogP contribution in [0.15, 0.2) is 72.2 Å². The summed E-state index contributed by atoms with van der Waals surface area (Å²) < 4.78 is 38.9. The van der Waals surface area contributed by atoms with Crippen LogP contribution in [0.2, 0.25) is 0 Å². The van der Waals surface area contributed by atoms with Crippen molar-refractivity contribution >= 4 is 27.2 Å². The Balaban J connectivity index is 1.87. The molecule has 0 amide bonds. The molecule has 2 N–H and O–H groups in total. The van der Waals surface area contributed by atoms with Crippen molar-refractivity contribution in [3.05, 3.63) is 88.9 Å². The molecule has 1 atom stereocenters. The quantitative estimate of drug-likeness (QED) is 0.427. The number of fused-ring (bicyclic) bond motifs is 1. The molecule has 1 heterocycles. The summed E-state index contributed by atoms with van der Waals surface area (Å²) in [4.78, 5) is 4.22. The molecule has 0 aliphatic heterocycles. The molecule has 0 bridgehead atoms. The topological polar surface area (TPSA) is 45.1 Å². The Morgan fingerprint density at radius 1 is 0.964 bits per heavy atom. The highest BCUT2D eigenvalue weighted by Crippen LogP contribution is 2.39. The summed E-state index contributed by atoms with van der Waals surface area (Å²) in [6.07, 6.45) is -2.77. The first-order valence-corrected chi connectivity index (χ1v) is 9.35. The molecule has 1 aromatic heterocycles. The van der Waals surface area contributed by atoms with Gasteiger partial charge in [-0.3, -0.25) is 0 Å². The predicted molar refractivity (Wildman–Crippen MR) is 105 cm³/mol. The van der Waals surface area contributed by atoms with Crippen molar-refractivity contribution in [3.63, 3.8) is 0 Å².